The molecule has 0 bridgehead atoms. The van der Waals surface area contributed by atoms with Crippen molar-refractivity contribution in [3.8, 4) is 17.3 Å². The van der Waals surface area contributed by atoms with Crippen LogP contribution < -0.4 is 5.73 Å². The van der Waals surface area contributed by atoms with E-state index in [4.69, 9.17) is 22.6 Å². The van der Waals surface area contributed by atoms with Gasteiger partial charge < -0.3 is 5.73 Å². The number of hydrogen-bond acceptors (Lipinski definition) is 4. The number of nitrogen functional groups attached to an aromatic ring is 1. The molecular formula is C12H6ClF3N4. The minimum Gasteiger partial charge on any atom is -0.398 e. The second kappa shape index (κ2) is 5.35. The van der Waals surface area contributed by atoms with E-state index in [1.54, 1.807) is 6.07 Å². The zero-order valence-corrected chi connectivity index (χ0v) is 10.5. The van der Waals surface area contributed by atoms with Gasteiger partial charge in [-0.1, -0.05) is 11.6 Å². The Bertz CT molecular complexity index is 713. The number of alkyl halides is 2. The van der Waals surface area contributed by atoms with Crippen molar-refractivity contribution in [2.75, 3.05) is 5.73 Å². The Labute approximate surface area is 116 Å². The Hall–Kier alpha value is -2.33. The molecule has 0 saturated heterocycles. The number of anilines is 1. The van der Waals surface area contributed by atoms with Gasteiger partial charge in [0.15, 0.2) is 0 Å². The van der Waals surface area contributed by atoms with E-state index < -0.39 is 23.5 Å². The fourth-order valence-electron chi connectivity index (χ4n) is 1.63. The molecule has 0 radical (unpaired) electrons. The van der Waals surface area contributed by atoms with E-state index in [0.717, 1.165) is 18.5 Å². The predicted octanol–water partition coefficient (Wildman–Crippen LogP) is 3.33. The molecule has 2 aromatic rings. The van der Waals surface area contributed by atoms with E-state index >= 15 is 0 Å². The van der Waals surface area contributed by atoms with Crippen LogP contribution in [0.15, 0.2) is 18.5 Å². The van der Waals surface area contributed by atoms with Gasteiger partial charge in [-0.15, -0.1) is 0 Å². The maximum Gasteiger partial charge on any atom is 0.281 e. The first-order chi connectivity index (χ1) is 9.45. The maximum absolute atomic E-state index is 13.9. The van der Waals surface area contributed by atoms with Crippen LogP contribution in [0.25, 0.3) is 11.3 Å². The molecule has 0 unspecified atom stereocenters. The number of halogens is 4. The molecular weight excluding hydrogens is 293 g/mol. The number of hydrogen-bond donors (Lipinski definition) is 1. The molecule has 2 rings (SSSR count). The first-order valence-corrected chi connectivity index (χ1v) is 5.61. The molecule has 0 amide bonds. The van der Waals surface area contributed by atoms with Gasteiger partial charge >= 0.3 is 0 Å². The SMILES string of the molecule is N#Cc1c(-c2cc(N)c(Cl)cc2F)ncnc1C(F)F. The van der Waals surface area contributed by atoms with Gasteiger partial charge in [0, 0.05) is 5.56 Å². The van der Waals surface area contributed by atoms with Gasteiger partial charge in [0.05, 0.1) is 16.4 Å². The number of benzene rings is 1. The van der Waals surface area contributed by atoms with Crippen LogP contribution in [0.1, 0.15) is 17.7 Å². The summed E-state index contributed by atoms with van der Waals surface area (Å²) in [6.45, 7) is 0. The molecule has 102 valence electrons. The van der Waals surface area contributed by atoms with Gasteiger partial charge in [-0.2, -0.15) is 5.26 Å². The fraction of sp³-hybridized carbons (Fsp3) is 0.0833. The van der Waals surface area contributed by atoms with Crippen LogP contribution in [-0.2, 0) is 0 Å². The van der Waals surface area contributed by atoms with E-state index in [9.17, 15) is 13.2 Å². The second-order valence-corrected chi connectivity index (χ2v) is 4.16. The Kier molecular flexibility index (Phi) is 3.77. The van der Waals surface area contributed by atoms with E-state index in [1.165, 1.54) is 0 Å². The summed E-state index contributed by atoms with van der Waals surface area (Å²) in [7, 11) is 0. The number of aromatic nitrogens is 2. The minimum absolute atomic E-state index is 0.0205. The number of rotatable bonds is 2. The number of nitrogens with two attached hydrogens (primary N) is 1. The second-order valence-electron chi connectivity index (χ2n) is 3.75. The summed E-state index contributed by atoms with van der Waals surface area (Å²) in [5.74, 6) is -0.820. The number of nitrogens with zero attached hydrogens (tertiary/aromatic N) is 3. The van der Waals surface area contributed by atoms with Crippen LogP contribution in [-0.4, -0.2) is 9.97 Å². The molecule has 4 nitrogen and oxygen atoms in total. The molecule has 1 aromatic carbocycles. The molecule has 0 aliphatic carbocycles. The normalized spacial score (nSPS) is 10.6. The van der Waals surface area contributed by atoms with Crippen molar-refractivity contribution in [3.05, 3.63) is 40.6 Å². The van der Waals surface area contributed by atoms with Gasteiger partial charge in [0.2, 0.25) is 0 Å². The van der Waals surface area contributed by atoms with Crippen LogP contribution in [0.3, 0.4) is 0 Å². The highest BCUT2D eigenvalue weighted by atomic mass is 35.5. The molecule has 1 aromatic heterocycles. The molecule has 20 heavy (non-hydrogen) atoms. The fourth-order valence-corrected chi connectivity index (χ4v) is 1.78. The Morgan fingerprint density at radius 3 is 2.60 bits per heavy atom. The molecule has 1 heterocycles. The van der Waals surface area contributed by atoms with Crippen molar-refractivity contribution in [3.63, 3.8) is 0 Å². The molecule has 2 N–H and O–H groups in total. The molecule has 0 saturated carbocycles. The third-order valence-electron chi connectivity index (χ3n) is 2.54. The van der Waals surface area contributed by atoms with E-state index in [0.29, 0.717) is 0 Å². The Balaban J connectivity index is 2.74. The summed E-state index contributed by atoms with van der Waals surface area (Å²) in [6, 6.07) is 3.62. The summed E-state index contributed by atoms with van der Waals surface area (Å²) in [4.78, 5) is 7.03. The highest BCUT2D eigenvalue weighted by Crippen LogP contribution is 2.33. The topological polar surface area (TPSA) is 75.6 Å². The van der Waals surface area contributed by atoms with Crippen molar-refractivity contribution in [1.29, 1.82) is 5.26 Å². The third kappa shape index (κ3) is 2.38. The first kappa shape index (κ1) is 14.1. The monoisotopic (exact) mass is 298 g/mol. The average molecular weight is 299 g/mol. The van der Waals surface area contributed by atoms with Crippen LogP contribution >= 0.6 is 11.6 Å². The summed E-state index contributed by atoms with van der Waals surface area (Å²) in [5.41, 5.74) is 3.89. The molecule has 8 heteroatoms. The van der Waals surface area contributed by atoms with Gasteiger partial charge in [-0.25, -0.2) is 23.1 Å². The first-order valence-electron chi connectivity index (χ1n) is 5.23. The van der Waals surface area contributed by atoms with Crippen molar-refractivity contribution in [2.24, 2.45) is 0 Å². The molecule has 0 fully saturated rings. The molecule has 0 aliphatic heterocycles. The quantitative estimate of drug-likeness (QED) is 0.863. The zero-order chi connectivity index (χ0) is 14.9. The largest absolute Gasteiger partial charge is 0.398 e. The van der Waals surface area contributed by atoms with Gasteiger partial charge in [0.25, 0.3) is 6.43 Å². The standard InChI is InChI=1S/C12H6ClF3N4/c13-7-2-8(14)5(1-9(7)18)10-6(3-17)11(12(15)16)20-4-19-10/h1-2,4,12H,18H2. The average Bonchev–Trinajstić information content (AvgIpc) is 2.41. The van der Waals surface area contributed by atoms with Crippen LogP contribution in [0, 0.1) is 17.1 Å². The van der Waals surface area contributed by atoms with Gasteiger partial charge in [0.1, 0.15) is 29.5 Å². The smallest absolute Gasteiger partial charge is 0.281 e. The van der Waals surface area contributed by atoms with Crippen molar-refractivity contribution in [1.82, 2.24) is 9.97 Å². The Morgan fingerprint density at radius 2 is 2.00 bits per heavy atom. The number of nitriles is 1. The van der Waals surface area contributed by atoms with Crippen molar-refractivity contribution >= 4 is 17.3 Å². The van der Waals surface area contributed by atoms with Crippen molar-refractivity contribution < 1.29 is 13.2 Å². The van der Waals surface area contributed by atoms with Crippen LogP contribution in [0.5, 0.6) is 0 Å². The highest BCUT2D eigenvalue weighted by Gasteiger charge is 2.22. The maximum atomic E-state index is 13.9. The molecule has 0 spiro atoms. The van der Waals surface area contributed by atoms with Crippen LogP contribution in [0.4, 0.5) is 18.9 Å². The molecule has 0 aliphatic rings. The third-order valence-corrected chi connectivity index (χ3v) is 2.86. The summed E-state index contributed by atoms with van der Waals surface area (Å²) in [5, 5.41) is 8.96. The lowest BCUT2D eigenvalue weighted by Crippen LogP contribution is -2.02. The van der Waals surface area contributed by atoms with Gasteiger partial charge in [-0.05, 0) is 12.1 Å². The van der Waals surface area contributed by atoms with Gasteiger partial charge in [-0.3, -0.25) is 0 Å². The lowest BCUT2D eigenvalue weighted by Gasteiger charge is -2.09. The highest BCUT2D eigenvalue weighted by molar-refractivity contribution is 6.33. The molecule has 0 atom stereocenters. The van der Waals surface area contributed by atoms with Crippen LogP contribution in [0.2, 0.25) is 5.02 Å². The van der Waals surface area contributed by atoms with E-state index in [1.807, 2.05) is 0 Å². The lowest BCUT2D eigenvalue weighted by molar-refractivity contribution is 0.145. The minimum atomic E-state index is -2.97. The lowest BCUT2D eigenvalue weighted by atomic mass is 10.0. The van der Waals surface area contributed by atoms with E-state index in [2.05, 4.69) is 9.97 Å². The zero-order valence-electron chi connectivity index (χ0n) is 9.74. The summed E-state index contributed by atoms with van der Waals surface area (Å²) < 4.78 is 39.4. The van der Waals surface area contributed by atoms with Crippen molar-refractivity contribution in [2.45, 2.75) is 6.43 Å². The van der Waals surface area contributed by atoms with E-state index in [-0.39, 0.29) is 22.0 Å². The summed E-state index contributed by atoms with van der Waals surface area (Å²) in [6.07, 6.45) is -2.14. The Morgan fingerprint density at radius 1 is 1.30 bits per heavy atom. The predicted molar refractivity (Wildman–Crippen MR) is 66.5 cm³/mol. The summed E-state index contributed by atoms with van der Waals surface area (Å²) >= 11 is 5.65.